The van der Waals surface area contributed by atoms with Gasteiger partial charge in [0.2, 0.25) is 17.8 Å². The second-order valence-corrected chi connectivity index (χ2v) is 47.4. The molecule has 13 unspecified atom stereocenters. The van der Waals surface area contributed by atoms with Crippen molar-refractivity contribution in [1.29, 1.82) is 0 Å². The Morgan fingerprint density at radius 1 is 0.345 bits per heavy atom. The number of rotatable bonds is 42. The highest BCUT2D eigenvalue weighted by atomic mass is 32.5. The topological polar surface area (TPSA) is 951 Å². The fraction of sp³-hybridized carbons (Fsp3) is 0.515. The third-order valence-electron chi connectivity index (χ3n) is 23.8. The molecule has 0 bridgehead atoms. The van der Waals surface area contributed by atoms with Crippen LogP contribution in [0.25, 0.3) is 55.8 Å². The maximum atomic E-state index is 14.8. The molecule has 7 fully saturated rings. The van der Waals surface area contributed by atoms with E-state index in [-0.39, 0.29) is 104 Å². The summed E-state index contributed by atoms with van der Waals surface area (Å²) in [6, 6.07) is 2.43. The van der Waals surface area contributed by atoms with Crippen LogP contribution in [0.4, 0.5) is 40.9 Å². The van der Waals surface area contributed by atoms with Crippen molar-refractivity contribution in [3.63, 3.8) is 0 Å². The van der Waals surface area contributed by atoms with Gasteiger partial charge in [0.15, 0.2) is 57.0 Å². The molecule has 69 nitrogen and oxygen atoms in total. The van der Waals surface area contributed by atoms with E-state index < -0.39 is 284 Å². The molecule has 0 amide bonds. The molecular weight excluding hydrogens is 2200 g/mol. The number of fused-ring (bicyclic) bond motifs is 5. The lowest BCUT2D eigenvalue weighted by atomic mass is 10.2. The van der Waals surface area contributed by atoms with Gasteiger partial charge in [0.25, 0.3) is 5.56 Å². The number of phosphoric ester groups is 5. The molecule has 798 valence electrons. The van der Waals surface area contributed by atoms with Crippen molar-refractivity contribution in [3.8, 4) is 0 Å². The minimum Gasteiger partial charge on any atom is -0.383 e. The fourth-order valence-electron chi connectivity index (χ4n) is 17.2. The number of hydrogen-bond donors (Lipinski definition) is 17. The van der Waals surface area contributed by atoms with Crippen molar-refractivity contribution < 1.29 is 163 Å². The van der Waals surface area contributed by atoms with Gasteiger partial charge < -0.3 is 131 Å². The average molecular weight is 2290 g/mol. The summed E-state index contributed by atoms with van der Waals surface area (Å²) in [5, 5.41) is 0. The monoisotopic (exact) mass is 2290 g/mol. The van der Waals surface area contributed by atoms with Gasteiger partial charge in [-0.05, 0) is 35.7 Å². The number of hydrogen-bond acceptors (Lipinski definition) is 55. The Hall–Kier alpha value is -9.32. The highest BCUT2D eigenvalue weighted by molar-refractivity contribution is 8.07. The van der Waals surface area contributed by atoms with Crippen molar-refractivity contribution in [2.75, 3.05) is 86.4 Å². The Morgan fingerprint density at radius 2 is 0.601 bits per heavy atom. The minimum absolute atomic E-state index is 0.00622. The lowest BCUT2D eigenvalue weighted by molar-refractivity contribution is -0.0639. The predicted octanol–water partition coefficient (Wildman–Crippen LogP) is -0.412. The summed E-state index contributed by atoms with van der Waals surface area (Å²) in [5.74, 6) is -0.889. The number of H-pyrrole nitrogens is 1. The molecule has 0 spiro atoms. The highest BCUT2D eigenvalue weighted by Crippen LogP contribution is 2.59. The third-order valence-corrected chi connectivity index (χ3v) is 32.2. The van der Waals surface area contributed by atoms with Gasteiger partial charge in [-0.2, -0.15) is 19.8 Å². The van der Waals surface area contributed by atoms with Gasteiger partial charge in [-0.25, -0.2) is 97.2 Å². The molecule has 28 atom stereocenters. The molecule has 12 aromatic heterocycles. The lowest BCUT2D eigenvalue weighted by Crippen LogP contribution is -2.32. The number of ether oxygens (including phenoxy) is 7. The Kier molecular flexibility index (Phi) is 31.1. The van der Waals surface area contributed by atoms with Crippen LogP contribution in [0.1, 0.15) is 88.5 Å². The summed E-state index contributed by atoms with van der Waals surface area (Å²) in [4.78, 5) is 208. The summed E-state index contributed by atoms with van der Waals surface area (Å²) in [6.45, 7) is -15.7. The number of aromatic amines is 1. The molecule has 24 N–H and O–H groups in total. The van der Waals surface area contributed by atoms with Gasteiger partial charge in [0.05, 0.1) is 90.1 Å². The van der Waals surface area contributed by atoms with E-state index in [1.807, 2.05) is 0 Å². The quantitative estimate of drug-likeness (QED) is 0.0216. The number of nitrogens with zero attached hydrogens (tertiary/aromatic N) is 23. The van der Waals surface area contributed by atoms with Crippen LogP contribution in [-0.2, 0) is 155 Å². The van der Waals surface area contributed by atoms with E-state index in [2.05, 4.69) is 89.3 Å². The van der Waals surface area contributed by atoms with E-state index in [1.54, 1.807) is 4.57 Å². The molecule has 80 heteroatoms. The summed E-state index contributed by atoms with van der Waals surface area (Å²) >= 11 is 16.2. The van der Waals surface area contributed by atoms with E-state index in [1.165, 1.54) is 70.0 Å². The number of aromatic nitrogens is 24. The van der Waals surface area contributed by atoms with Crippen molar-refractivity contribution in [1.82, 2.24) is 117 Å². The molecule has 19 heterocycles. The first-order valence-electron chi connectivity index (χ1n) is 43.4. The summed E-state index contributed by atoms with van der Waals surface area (Å²) in [7, 11) is -30.1. The Labute approximate surface area is 840 Å². The van der Waals surface area contributed by atoms with Crippen molar-refractivity contribution in [2.24, 2.45) is 0 Å². The molecule has 0 radical (unpaired) electrons. The van der Waals surface area contributed by atoms with Crippen molar-refractivity contribution in [2.45, 2.75) is 174 Å². The summed E-state index contributed by atoms with van der Waals surface area (Å²) in [5.41, 5.74) is 39.8. The third kappa shape index (κ3) is 24.3. The first-order chi connectivity index (χ1) is 70.2. The van der Waals surface area contributed by atoms with Crippen LogP contribution in [0.15, 0.2) is 95.9 Å². The van der Waals surface area contributed by atoms with Crippen LogP contribution in [0.3, 0.4) is 0 Å². The first-order valence-corrected chi connectivity index (χ1v) is 58.3. The largest absolute Gasteiger partial charge is 0.519 e. The van der Waals surface area contributed by atoms with Gasteiger partial charge in [0.1, 0.15) is 176 Å². The fourth-order valence-corrected chi connectivity index (χ4v) is 25.1. The maximum absolute atomic E-state index is 14.8. The smallest absolute Gasteiger partial charge is 0.383 e. The van der Waals surface area contributed by atoms with Crippen LogP contribution < -0.4 is 57.1 Å². The predicted molar refractivity (Wildman–Crippen MR) is 504 cm³/mol. The molecule has 7 saturated heterocycles. The zero-order valence-electron chi connectivity index (χ0n) is 75.0. The minimum atomic E-state index is -5.69. The summed E-state index contributed by atoms with van der Waals surface area (Å²) in [6.07, 6.45) is -19.9. The average Bonchev–Trinajstić information content (AvgIpc) is 1.64. The number of phosphoric acid groups is 5. The molecular formula is C68H86N31O38P8S3+. The van der Waals surface area contributed by atoms with E-state index in [9.17, 15) is 81.2 Å². The number of anilines is 7. The Bertz CT molecular complexity index is 7590. The molecule has 7 aliphatic rings. The van der Waals surface area contributed by atoms with Crippen molar-refractivity contribution in [3.05, 3.63) is 113 Å². The van der Waals surface area contributed by atoms with Crippen LogP contribution >= 0.6 is 59.7 Å². The Balaban J connectivity index is 0.536. The zero-order valence-corrected chi connectivity index (χ0v) is 84.6. The van der Waals surface area contributed by atoms with Gasteiger partial charge in [-0.15, -0.1) is 4.52 Å². The summed E-state index contributed by atoms with van der Waals surface area (Å²) < 4.78 is 202. The van der Waals surface area contributed by atoms with Gasteiger partial charge >= 0.3 is 71.1 Å². The van der Waals surface area contributed by atoms with E-state index in [0.717, 1.165) is 38.9 Å². The number of nitrogens with one attached hydrogen (secondary N) is 1. The van der Waals surface area contributed by atoms with Crippen LogP contribution in [0.5, 0.6) is 0 Å². The molecule has 19 rings (SSSR count). The number of nitrogens with two attached hydrogens (primary N) is 7. The zero-order chi connectivity index (χ0) is 105. The standard InChI is InChI=1S/C68H85N31O38P8S3/c69-42-1-3-93(67(101)89-42)44-6-29(37(125-44)13-118-141(109,110)133-30-7-47(127-36(30)12-117-139(104,105)106)96-24-85-52-57(72)77-20-81-61(52)96)132-140(107,108)120-15-39-32(9-50(129-39)99-27-88-55-64(99)91-66(75)92-65(55)100)135-142(111,112)119-14-38-31(8-48(128-38)97-25-86-53-58(73)78-21-82-62(53)97)134-143(113,114)121-16-40-33(10-45(126-40)94-4-2-43(70)90-68(94)102)136-145(116,148)123-18-41-34(11-49(130-41)98-26-87-54-59(74)79-22-83-63(54)98)137-144(115,147)122-17-35-28(131-138(103)146)5-46(124-35)95-23-84-51-56(71)76-19-80-60(51)95/h1-4,19-41,44-50H,5-18H2,(H23-,69,70,71,72,73,74,75,76,77,78,79,80,81,82,83,89,90,91,92,100,101,102,103,104,105,106,107,108,109,110,111,112,113,114,115,116,146,147,148)/p+1/t28?,29-,30?,31?,32?,33?,34?,35-,36-,37-,38-,39-,40-,41-,44-,45-,46-,47-,48-,49-,50-,144?,145?/m1/s1. The van der Waals surface area contributed by atoms with Crippen molar-refractivity contribution >= 4 is 192 Å². The number of imidazole rings is 5. The lowest BCUT2D eigenvalue weighted by Gasteiger charge is -2.27. The van der Waals surface area contributed by atoms with Gasteiger partial charge in [-0.1, -0.05) is 0 Å². The van der Waals surface area contributed by atoms with Crippen LogP contribution in [0, 0.1) is 0 Å². The molecule has 0 aromatic carbocycles. The maximum Gasteiger partial charge on any atom is 0.519 e. The molecule has 12 aromatic rings. The second kappa shape index (κ2) is 43.0. The van der Waals surface area contributed by atoms with E-state index in [4.69, 9.17) is 168 Å². The normalized spacial score (nSPS) is 29.1. The molecule has 0 saturated carbocycles. The van der Waals surface area contributed by atoms with Gasteiger partial charge in [-0.3, -0.25) is 82.5 Å². The van der Waals surface area contributed by atoms with Gasteiger partial charge in [0, 0.05) is 57.3 Å². The van der Waals surface area contributed by atoms with Crippen LogP contribution in [0.2, 0.25) is 0 Å². The SMILES string of the molecule is Nc1ccn([C@H]2CC(OP(O)(=S)OC[C@H]3O[C@@H](n4cnc5c(N)ncnc54)CC3OP(O)(=S)OC[C@H]3O[C@@H](n4cnc5c(N)ncnc54)CC3O[P+](O)=S)[C@@H](COP(=O)(O)OC3C[C@H](n4cnc5c(N)ncnc54)O[C@@H]3COP(=O)(O)OC3C[C@H](n4cnc5c(=O)[nH]c(N)nc54)O[C@@H]3COP(=O)(O)O[C@@H]3C[C@H](n4ccc(N)nc4=O)O[C@@H]3COP(=O)(O)OC3C[C@H](n4cnc5c(N)ncnc54)O[C@@H]3COP(=O)(O)O)O2)c(=O)n1. The first kappa shape index (κ1) is 107. The number of nitrogen functional groups attached to an aromatic ring is 7. The van der Waals surface area contributed by atoms with Crippen LogP contribution in [-0.4, -0.2) is 292 Å². The van der Waals surface area contributed by atoms with E-state index >= 15 is 0 Å². The Morgan fingerprint density at radius 3 is 0.892 bits per heavy atom. The van der Waals surface area contributed by atoms with E-state index in [0.29, 0.717) is 5.65 Å². The highest BCUT2D eigenvalue weighted by Gasteiger charge is 2.54. The molecule has 7 aliphatic heterocycles. The molecule has 148 heavy (non-hydrogen) atoms. The second-order valence-electron chi connectivity index (χ2n) is 33.4. The molecule has 0 aliphatic carbocycles.